The number of furan rings is 1. The van der Waals surface area contributed by atoms with Crippen molar-refractivity contribution >= 4 is 26.5 Å². The van der Waals surface area contributed by atoms with E-state index in [-0.39, 0.29) is 50.3 Å². The van der Waals surface area contributed by atoms with Crippen LogP contribution in [0.3, 0.4) is 0 Å². The Hall–Kier alpha value is -1.21. The van der Waals surface area contributed by atoms with Crippen LogP contribution in [0.1, 0.15) is 45.9 Å². The molecule has 1 heterocycles. The van der Waals surface area contributed by atoms with Gasteiger partial charge < -0.3 is 27.2 Å². The van der Waals surface area contributed by atoms with Crippen molar-refractivity contribution in [1.82, 2.24) is 0 Å². The minimum atomic E-state index is -3.92. The number of ether oxygens (including phenoxy) is 1. The molecule has 1 rings (SSSR count). The van der Waals surface area contributed by atoms with Crippen molar-refractivity contribution in [3.8, 4) is 0 Å². The van der Waals surface area contributed by atoms with Crippen LogP contribution in [0.15, 0.2) is 22.8 Å². The second-order valence-corrected chi connectivity index (χ2v) is 9.54. The van der Waals surface area contributed by atoms with Crippen LogP contribution in [-0.4, -0.2) is 39.0 Å². The SMILES string of the molecule is CCOC(=O)C=C(c1occc1CP(=O)(OCC)OCC)P(=O)(OCC)OCC. The highest BCUT2D eigenvalue weighted by atomic mass is 31.2. The Bertz CT molecular complexity index is 749. The zero-order valence-corrected chi connectivity index (χ0v) is 19.3. The van der Waals surface area contributed by atoms with Gasteiger partial charge in [-0.2, -0.15) is 0 Å². The molecule has 0 amide bonds. The van der Waals surface area contributed by atoms with Gasteiger partial charge in [0, 0.05) is 11.6 Å². The molecule has 9 nitrogen and oxygen atoms in total. The summed E-state index contributed by atoms with van der Waals surface area (Å²) in [4.78, 5) is 12.1. The van der Waals surface area contributed by atoms with E-state index in [9.17, 15) is 13.9 Å². The van der Waals surface area contributed by atoms with Gasteiger partial charge in [-0.25, -0.2) is 4.79 Å². The molecule has 0 unspecified atom stereocenters. The van der Waals surface area contributed by atoms with Gasteiger partial charge in [0.05, 0.1) is 45.5 Å². The molecule has 1 aromatic rings. The van der Waals surface area contributed by atoms with Gasteiger partial charge in [-0.05, 0) is 40.7 Å². The molecule has 0 fully saturated rings. The third-order valence-corrected chi connectivity index (χ3v) is 7.58. The topological polar surface area (TPSA) is 110 Å². The fourth-order valence-electron chi connectivity index (χ4n) is 2.50. The molecule has 1 aromatic heterocycles. The number of hydrogen-bond donors (Lipinski definition) is 0. The molecule has 11 heteroatoms. The second-order valence-electron chi connectivity index (χ2n) is 5.49. The predicted octanol–water partition coefficient (Wildman–Crippen LogP) is 5.22. The summed E-state index contributed by atoms with van der Waals surface area (Å²) in [7, 11) is -7.40. The minimum Gasteiger partial charge on any atom is -0.464 e. The van der Waals surface area contributed by atoms with Gasteiger partial charge in [0.25, 0.3) is 0 Å². The molecule has 0 aliphatic rings. The van der Waals surface area contributed by atoms with Crippen LogP contribution in [0.2, 0.25) is 0 Å². The standard InChI is InChI=1S/C18H30O9P2/c1-6-22-17(19)13-16(29(21,26-9-4)27-10-5)18-15(11-12-23-18)14-28(20,24-7-2)25-8-3/h11-13H,6-10,14H2,1-5H3. The summed E-state index contributed by atoms with van der Waals surface area (Å²) >= 11 is 0. The van der Waals surface area contributed by atoms with Gasteiger partial charge in [-0.1, -0.05) is 0 Å². The van der Waals surface area contributed by atoms with E-state index in [1.165, 1.54) is 6.26 Å². The molecule has 29 heavy (non-hydrogen) atoms. The molecule has 166 valence electrons. The van der Waals surface area contributed by atoms with E-state index in [1.54, 1.807) is 40.7 Å². The number of rotatable bonds is 14. The molecule has 0 aliphatic carbocycles. The molecule has 0 N–H and O–H groups in total. The molecule has 0 spiro atoms. The first-order valence-corrected chi connectivity index (χ1v) is 12.8. The van der Waals surface area contributed by atoms with E-state index < -0.39 is 21.2 Å². The van der Waals surface area contributed by atoms with Crippen molar-refractivity contribution in [2.45, 2.75) is 40.8 Å². The number of carbonyl (C=O) groups excluding carboxylic acids is 1. The average Bonchev–Trinajstić information content (AvgIpc) is 3.07. The van der Waals surface area contributed by atoms with Crippen molar-refractivity contribution in [2.24, 2.45) is 0 Å². The Morgan fingerprint density at radius 1 is 0.931 bits per heavy atom. The van der Waals surface area contributed by atoms with Crippen LogP contribution in [0.25, 0.3) is 5.31 Å². The van der Waals surface area contributed by atoms with Gasteiger partial charge in [0.2, 0.25) is 0 Å². The second kappa shape index (κ2) is 12.5. The maximum absolute atomic E-state index is 13.4. The van der Waals surface area contributed by atoms with Gasteiger partial charge in [-0.15, -0.1) is 0 Å². The molecule has 0 saturated carbocycles. The molecule has 0 aliphatic heterocycles. The molecule has 0 aromatic carbocycles. The lowest BCUT2D eigenvalue weighted by Crippen LogP contribution is -2.06. The smallest absolute Gasteiger partial charge is 0.365 e. The summed E-state index contributed by atoms with van der Waals surface area (Å²) in [6.45, 7) is 9.00. The Kier molecular flexibility index (Phi) is 11.1. The first kappa shape index (κ1) is 25.8. The van der Waals surface area contributed by atoms with E-state index in [2.05, 4.69) is 0 Å². The van der Waals surface area contributed by atoms with Crippen molar-refractivity contribution in [1.29, 1.82) is 0 Å². The summed E-state index contributed by atoms with van der Waals surface area (Å²) in [6.07, 6.45) is 2.21. The Balaban J connectivity index is 3.49. The van der Waals surface area contributed by atoms with Gasteiger partial charge in [0.15, 0.2) is 0 Å². The predicted molar refractivity (Wildman–Crippen MR) is 109 cm³/mol. The molecular formula is C18H30O9P2. The quantitative estimate of drug-likeness (QED) is 0.213. The summed E-state index contributed by atoms with van der Waals surface area (Å²) < 4.78 is 58.2. The van der Waals surface area contributed by atoms with Crippen molar-refractivity contribution in [2.75, 3.05) is 33.0 Å². The lowest BCUT2D eigenvalue weighted by atomic mass is 10.2. The van der Waals surface area contributed by atoms with Gasteiger partial charge in [-0.3, -0.25) is 9.13 Å². The van der Waals surface area contributed by atoms with E-state index in [4.69, 9.17) is 27.2 Å². The minimum absolute atomic E-state index is 0.0444. The number of esters is 1. The van der Waals surface area contributed by atoms with E-state index in [1.807, 2.05) is 0 Å². The van der Waals surface area contributed by atoms with E-state index >= 15 is 0 Å². The third kappa shape index (κ3) is 7.52. The molecule has 0 bridgehead atoms. The van der Waals surface area contributed by atoms with Crippen LogP contribution in [0.4, 0.5) is 0 Å². The molecular weight excluding hydrogens is 422 g/mol. The first-order valence-electron chi connectivity index (χ1n) is 9.52. The van der Waals surface area contributed by atoms with Crippen LogP contribution in [0, 0.1) is 0 Å². The van der Waals surface area contributed by atoms with Crippen molar-refractivity contribution in [3.63, 3.8) is 0 Å². The summed E-state index contributed by atoms with van der Waals surface area (Å²) in [5.74, 6) is -0.690. The number of carbonyl (C=O) groups is 1. The van der Waals surface area contributed by atoms with Crippen molar-refractivity contribution < 1.29 is 41.2 Å². The van der Waals surface area contributed by atoms with Crippen LogP contribution >= 0.6 is 15.2 Å². The number of hydrogen-bond acceptors (Lipinski definition) is 9. The molecule has 0 saturated heterocycles. The highest BCUT2D eigenvalue weighted by Gasteiger charge is 2.37. The Morgan fingerprint density at radius 2 is 1.48 bits per heavy atom. The maximum atomic E-state index is 13.4. The molecule has 0 atom stereocenters. The third-order valence-electron chi connectivity index (χ3n) is 3.43. The fourth-order valence-corrected chi connectivity index (χ4v) is 5.95. The van der Waals surface area contributed by atoms with Crippen LogP contribution in [-0.2, 0) is 42.9 Å². The van der Waals surface area contributed by atoms with E-state index in [0.29, 0.717) is 5.56 Å². The van der Waals surface area contributed by atoms with E-state index in [0.717, 1.165) is 6.08 Å². The summed E-state index contributed by atoms with van der Waals surface area (Å²) in [5.41, 5.74) is 0.380. The highest BCUT2D eigenvalue weighted by Crippen LogP contribution is 2.62. The lowest BCUT2D eigenvalue weighted by molar-refractivity contribution is -0.137. The Labute approximate surface area is 171 Å². The average molecular weight is 452 g/mol. The largest absolute Gasteiger partial charge is 0.464 e. The molecule has 0 radical (unpaired) electrons. The van der Waals surface area contributed by atoms with Crippen LogP contribution < -0.4 is 0 Å². The maximum Gasteiger partial charge on any atom is 0.365 e. The monoisotopic (exact) mass is 452 g/mol. The van der Waals surface area contributed by atoms with Crippen LogP contribution in [0.5, 0.6) is 0 Å². The van der Waals surface area contributed by atoms with Gasteiger partial charge in [0.1, 0.15) is 11.1 Å². The van der Waals surface area contributed by atoms with Crippen molar-refractivity contribution in [3.05, 3.63) is 29.7 Å². The zero-order valence-electron chi connectivity index (χ0n) is 17.5. The normalized spacial score (nSPS) is 12.9. The zero-order chi connectivity index (χ0) is 21.9. The lowest BCUT2D eigenvalue weighted by Gasteiger charge is -2.21. The fraction of sp³-hybridized carbons (Fsp3) is 0.611. The Morgan fingerprint density at radius 3 is 1.97 bits per heavy atom. The van der Waals surface area contributed by atoms with Gasteiger partial charge >= 0.3 is 21.2 Å². The first-order chi connectivity index (χ1) is 13.8. The summed E-state index contributed by atoms with van der Waals surface area (Å²) in [6, 6.07) is 1.54. The summed E-state index contributed by atoms with van der Waals surface area (Å²) in [5, 5.41) is -0.112. The highest BCUT2D eigenvalue weighted by molar-refractivity contribution is 7.65.